The number of benzene rings is 2. The van der Waals surface area contributed by atoms with Gasteiger partial charge < -0.3 is 16.4 Å². The number of rotatable bonds is 7. The van der Waals surface area contributed by atoms with Crippen LogP contribution in [0.25, 0.3) is 0 Å². The summed E-state index contributed by atoms with van der Waals surface area (Å²) in [7, 11) is 0. The standard InChI is InChI=1S/C19H21N3O3S/c1-3-17(26-14-8-6-7-13(11-14)21-12(2)23)19(25)22-16-10-5-4-9-15(16)18(20)24/h4-11,17H,3H2,1-2H3,(H2,20,24)(H,21,23)(H,22,25). The maximum atomic E-state index is 12.6. The van der Waals surface area contributed by atoms with Crippen molar-refractivity contribution in [3.05, 3.63) is 54.1 Å². The van der Waals surface area contributed by atoms with Crippen LogP contribution in [0.15, 0.2) is 53.4 Å². The number of carbonyl (C=O) groups is 3. The second-order valence-corrected chi connectivity index (χ2v) is 6.90. The molecular formula is C19H21N3O3S. The normalized spacial score (nSPS) is 11.5. The zero-order valence-electron chi connectivity index (χ0n) is 14.6. The average Bonchev–Trinajstić information content (AvgIpc) is 2.59. The molecule has 0 heterocycles. The first-order valence-corrected chi connectivity index (χ1v) is 9.02. The summed E-state index contributed by atoms with van der Waals surface area (Å²) in [5, 5.41) is 5.14. The molecule has 136 valence electrons. The third-order valence-corrected chi connectivity index (χ3v) is 4.90. The van der Waals surface area contributed by atoms with Crippen molar-refractivity contribution in [2.45, 2.75) is 30.4 Å². The van der Waals surface area contributed by atoms with Gasteiger partial charge in [0.1, 0.15) is 0 Å². The summed E-state index contributed by atoms with van der Waals surface area (Å²) in [5.74, 6) is -0.958. The van der Waals surface area contributed by atoms with E-state index in [0.29, 0.717) is 17.8 Å². The summed E-state index contributed by atoms with van der Waals surface area (Å²) in [4.78, 5) is 36.2. The Bertz CT molecular complexity index is 823. The molecule has 0 aliphatic rings. The van der Waals surface area contributed by atoms with Gasteiger partial charge in [-0.1, -0.05) is 25.1 Å². The van der Waals surface area contributed by atoms with Gasteiger partial charge in [-0.3, -0.25) is 14.4 Å². The quantitative estimate of drug-likeness (QED) is 0.650. The minimum atomic E-state index is -0.593. The number of nitrogens with two attached hydrogens (primary N) is 1. The van der Waals surface area contributed by atoms with Crippen molar-refractivity contribution >= 4 is 40.9 Å². The summed E-state index contributed by atoms with van der Waals surface area (Å²) < 4.78 is 0. The van der Waals surface area contributed by atoms with Crippen molar-refractivity contribution in [2.75, 3.05) is 10.6 Å². The van der Waals surface area contributed by atoms with E-state index in [-0.39, 0.29) is 22.6 Å². The summed E-state index contributed by atoms with van der Waals surface area (Å²) in [5.41, 5.74) is 6.70. The smallest absolute Gasteiger partial charge is 0.250 e. The van der Waals surface area contributed by atoms with Crippen LogP contribution in [0, 0.1) is 0 Å². The molecule has 7 heteroatoms. The topological polar surface area (TPSA) is 101 Å². The summed E-state index contributed by atoms with van der Waals surface area (Å²) >= 11 is 1.39. The third-order valence-electron chi connectivity index (χ3n) is 3.55. The summed E-state index contributed by atoms with van der Waals surface area (Å²) in [6.07, 6.45) is 0.597. The zero-order chi connectivity index (χ0) is 19.1. The first kappa shape index (κ1) is 19.5. The van der Waals surface area contributed by atoms with E-state index in [9.17, 15) is 14.4 Å². The number of carbonyl (C=O) groups excluding carboxylic acids is 3. The van der Waals surface area contributed by atoms with Crippen LogP contribution in [-0.4, -0.2) is 23.0 Å². The van der Waals surface area contributed by atoms with Crippen molar-refractivity contribution in [2.24, 2.45) is 5.73 Å². The molecule has 0 aliphatic carbocycles. The van der Waals surface area contributed by atoms with Gasteiger partial charge in [-0.25, -0.2) is 0 Å². The summed E-state index contributed by atoms with van der Waals surface area (Å²) in [6, 6.07) is 13.9. The van der Waals surface area contributed by atoms with Crippen LogP contribution in [0.3, 0.4) is 0 Å². The molecule has 2 aromatic carbocycles. The van der Waals surface area contributed by atoms with Crippen molar-refractivity contribution in [1.82, 2.24) is 0 Å². The number of nitrogens with one attached hydrogen (secondary N) is 2. The van der Waals surface area contributed by atoms with E-state index >= 15 is 0 Å². The monoisotopic (exact) mass is 371 g/mol. The molecule has 0 saturated heterocycles. The Kier molecular flexibility index (Phi) is 6.80. The maximum Gasteiger partial charge on any atom is 0.250 e. The number of amides is 3. The van der Waals surface area contributed by atoms with E-state index < -0.39 is 5.91 Å². The van der Waals surface area contributed by atoms with E-state index in [2.05, 4.69) is 10.6 Å². The molecule has 0 aromatic heterocycles. The van der Waals surface area contributed by atoms with Crippen LogP contribution in [0.4, 0.5) is 11.4 Å². The van der Waals surface area contributed by atoms with Crippen LogP contribution in [0.5, 0.6) is 0 Å². The largest absolute Gasteiger partial charge is 0.366 e. The number of hydrogen-bond acceptors (Lipinski definition) is 4. The zero-order valence-corrected chi connectivity index (χ0v) is 15.4. The molecule has 3 amide bonds. The van der Waals surface area contributed by atoms with Gasteiger partial charge in [0.15, 0.2) is 0 Å². The van der Waals surface area contributed by atoms with Crippen molar-refractivity contribution in [3.63, 3.8) is 0 Å². The average molecular weight is 371 g/mol. The van der Waals surface area contributed by atoms with Crippen LogP contribution < -0.4 is 16.4 Å². The molecule has 0 radical (unpaired) electrons. The Labute approximate surface area is 156 Å². The molecule has 6 nitrogen and oxygen atoms in total. The lowest BCUT2D eigenvalue weighted by Crippen LogP contribution is -2.26. The fraction of sp³-hybridized carbons (Fsp3) is 0.211. The van der Waals surface area contributed by atoms with Gasteiger partial charge in [0.25, 0.3) is 5.91 Å². The van der Waals surface area contributed by atoms with Gasteiger partial charge >= 0.3 is 0 Å². The van der Waals surface area contributed by atoms with Crippen molar-refractivity contribution in [3.8, 4) is 0 Å². The molecule has 4 N–H and O–H groups in total. The molecule has 1 unspecified atom stereocenters. The highest BCUT2D eigenvalue weighted by Gasteiger charge is 2.20. The Morgan fingerprint density at radius 2 is 1.81 bits per heavy atom. The highest BCUT2D eigenvalue weighted by molar-refractivity contribution is 8.00. The number of hydrogen-bond donors (Lipinski definition) is 3. The number of thioether (sulfide) groups is 1. The van der Waals surface area contributed by atoms with Gasteiger partial charge in [0.05, 0.1) is 16.5 Å². The Hall–Kier alpha value is -2.80. The first-order valence-electron chi connectivity index (χ1n) is 8.14. The molecular weight excluding hydrogens is 350 g/mol. The molecule has 0 saturated carbocycles. The highest BCUT2D eigenvalue weighted by Crippen LogP contribution is 2.29. The van der Waals surface area contributed by atoms with E-state index in [0.717, 1.165) is 4.90 Å². The Morgan fingerprint density at radius 3 is 2.46 bits per heavy atom. The fourth-order valence-electron chi connectivity index (χ4n) is 2.36. The number of primary amides is 1. The highest BCUT2D eigenvalue weighted by atomic mass is 32.2. The van der Waals surface area contributed by atoms with Crippen LogP contribution in [-0.2, 0) is 9.59 Å². The van der Waals surface area contributed by atoms with Crippen LogP contribution in [0.2, 0.25) is 0 Å². The van der Waals surface area contributed by atoms with Gasteiger partial charge in [-0.15, -0.1) is 11.8 Å². The molecule has 0 fully saturated rings. The molecule has 0 aliphatic heterocycles. The van der Waals surface area contributed by atoms with Gasteiger partial charge in [-0.2, -0.15) is 0 Å². The molecule has 1 atom stereocenters. The second-order valence-electron chi connectivity index (χ2n) is 5.62. The van der Waals surface area contributed by atoms with Gasteiger partial charge in [0.2, 0.25) is 11.8 Å². The molecule has 2 rings (SSSR count). The Morgan fingerprint density at radius 1 is 1.08 bits per heavy atom. The number of anilines is 2. The third kappa shape index (κ3) is 5.35. The SMILES string of the molecule is CCC(Sc1cccc(NC(C)=O)c1)C(=O)Nc1ccccc1C(N)=O. The molecule has 0 bridgehead atoms. The lowest BCUT2D eigenvalue weighted by molar-refractivity contribution is -0.116. The second kappa shape index (κ2) is 9.05. The van der Waals surface area contributed by atoms with E-state index in [1.807, 2.05) is 25.1 Å². The predicted octanol–water partition coefficient (Wildman–Crippen LogP) is 3.25. The van der Waals surface area contributed by atoms with Crippen molar-refractivity contribution < 1.29 is 14.4 Å². The fourth-order valence-corrected chi connectivity index (χ4v) is 3.37. The molecule has 26 heavy (non-hydrogen) atoms. The summed E-state index contributed by atoms with van der Waals surface area (Å²) in [6.45, 7) is 3.35. The molecule has 2 aromatic rings. The first-order chi connectivity index (χ1) is 12.4. The minimum Gasteiger partial charge on any atom is -0.366 e. The maximum absolute atomic E-state index is 12.6. The lowest BCUT2D eigenvalue weighted by atomic mass is 10.1. The Balaban J connectivity index is 2.12. The van der Waals surface area contributed by atoms with Gasteiger partial charge in [-0.05, 0) is 36.8 Å². The lowest BCUT2D eigenvalue weighted by Gasteiger charge is -2.16. The van der Waals surface area contributed by atoms with E-state index in [1.165, 1.54) is 18.7 Å². The van der Waals surface area contributed by atoms with E-state index in [4.69, 9.17) is 5.73 Å². The van der Waals surface area contributed by atoms with Crippen LogP contribution >= 0.6 is 11.8 Å². The van der Waals surface area contributed by atoms with Crippen molar-refractivity contribution in [1.29, 1.82) is 0 Å². The minimum absolute atomic E-state index is 0.153. The van der Waals surface area contributed by atoms with Gasteiger partial charge in [0, 0.05) is 17.5 Å². The number of para-hydroxylation sites is 1. The molecule has 0 spiro atoms. The van der Waals surface area contributed by atoms with Crippen LogP contribution in [0.1, 0.15) is 30.6 Å². The predicted molar refractivity (Wildman–Crippen MR) is 104 cm³/mol. The van der Waals surface area contributed by atoms with E-state index in [1.54, 1.807) is 30.3 Å².